The first-order chi connectivity index (χ1) is 7.92. The highest BCUT2D eigenvalue weighted by molar-refractivity contribution is 8.13. The quantitative estimate of drug-likeness (QED) is 0.593. The van der Waals surface area contributed by atoms with Crippen molar-refractivity contribution in [2.24, 2.45) is 0 Å². The number of ether oxygens (including phenoxy) is 1. The van der Waals surface area contributed by atoms with Crippen molar-refractivity contribution in [1.29, 1.82) is 0 Å². The van der Waals surface area contributed by atoms with Crippen molar-refractivity contribution in [3.63, 3.8) is 0 Å². The van der Waals surface area contributed by atoms with Gasteiger partial charge in [0.15, 0.2) is 0 Å². The Hall–Kier alpha value is -0.740. The summed E-state index contributed by atoms with van der Waals surface area (Å²) in [5, 5.41) is 0. The molecule has 0 N–H and O–H groups in total. The number of halogens is 1. The fraction of sp³-hybridized carbons (Fsp3) is 0.500. The first kappa shape index (κ1) is 14.3. The Morgan fingerprint density at radius 1 is 1.29 bits per heavy atom. The summed E-state index contributed by atoms with van der Waals surface area (Å²) in [5.41, 5.74) is 2.28. The smallest absolute Gasteiger partial charge is 0.232 e. The van der Waals surface area contributed by atoms with Crippen LogP contribution in [0, 0.1) is 6.92 Å². The normalized spacial score (nSPS) is 11.5. The number of unbranched alkanes of at least 4 members (excludes halogenated alkanes) is 1. The molecule has 96 valence electrons. The van der Waals surface area contributed by atoms with Crippen molar-refractivity contribution >= 4 is 19.7 Å². The molecule has 0 amide bonds. The molecule has 0 spiro atoms. The second-order valence-corrected chi connectivity index (χ2v) is 6.90. The molecule has 0 bridgehead atoms. The van der Waals surface area contributed by atoms with Gasteiger partial charge in [0.2, 0.25) is 9.05 Å². The largest absolute Gasteiger partial charge is 0.496 e. The molecule has 0 aliphatic rings. The van der Waals surface area contributed by atoms with Crippen molar-refractivity contribution in [2.45, 2.75) is 26.2 Å². The van der Waals surface area contributed by atoms with Gasteiger partial charge in [-0.1, -0.05) is 12.1 Å². The Morgan fingerprint density at radius 3 is 2.53 bits per heavy atom. The van der Waals surface area contributed by atoms with E-state index < -0.39 is 9.05 Å². The minimum Gasteiger partial charge on any atom is -0.496 e. The Kier molecular flexibility index (Phi) is 5.28. The number of methoxy groups -OCH3 is 1. The summed E-state index contributed by atoms with van der Waals surface area (Å²) in [6.07, 6.45) is 2.27. The van der Waals surface area contributed by atoms with Crippen molar-refractivity contribution in [2.75, 3.05) is 12.9 Å². The Labute approximate surface area is 107 Å². The minimum atomic E-state index is -3.35. The van der Waals surface area contributed by atoms with Gasteiger partial charge in [-0.15, -0.1) is 0 Å². The van der Waals surface area contributed by atoms with Gasteiger partial charge in [-0.05, 0) is 43.4 Å². The van der Waals surface area contributed by atoms with Crippen LogP contribution in [0.2, 0.25) is 0 Å². The van der Waals surface area contributed by atoms with Crippen LogP contribution in [0.1, 0.15) is 24.0 Å². The molecule has 0 heterocycles. The molecule has 5 heteroatoms. The molecule has 1 rings (SSSR count). The highest BCUT2D eigenvalue weighted by atomic mass is 35.7. The van der Waals surface area contributed by atoms with Gasteiger partial charge in [-0.2, -0.15) is 0 Å². The molecule has 0 unspecified atom stereocenters. The zero-order valence-corrected chi connectivity index (χ0v) is 11.6. The molecule has 0 aromatic heterocycles. The SMILES string of the molecule is COc1ccc(CCCCS(=O)(=O)Cl)cc1C. The summed E-state index contributed by atoms with van der Waals surface area (Å²) in [5.74, 6) is 0.918. The van der Waals surface area contributed by atoms with Crippen molar-refractivity contribution in [3.8, 4) is 5.75 Å². The summed E-state index contributed by atoms with van der Waals surface area (Å²) in [6, 6.07) is 6.00. The second-order valence-electron chi connectivity index (χ2n) is 4.00. The van der Waals surface area contributed by atoms with Gasteiger partial charge in [0.05, 0.1) is 12.9 Å². The second kappa shape index (κ2) is 6.26. The van der Waals surface area contributed by atoms with E-state index in [4.69, 9.17) is 15.4 Å². The van der Waals surface area contributed by atoms with Crippen molar-refractivity contribution in [3.05, 3.63) is 29.3 Å². The van der Waals surface area contributed by atoms with E-state index in [2.05, 4.69) is 6.07 Å². The Morgan fingerprint density at radius 2 is 2.00 bits per heavy atom. The van der Waals surface area contributed by atoms with Gasteiger partial charge in [-0.3, -0.25) is 0 Å². The predicted octanol–water partition coefficient (Wildman–Crippen LogP) is 2.89. The summed E-state index contributed by atoms with van der Waals surface area (Å²) in [7, 11) is 3.44. The lowest BCUT2D eigenvalue weighted by Gasteiger charge is -2.07. The maximum Gasteiger partial charge on any atom is 0.232 e. The zero-order valence-electron chi connectivity index (χ0n) is 10.1. The predicted molar refractivity (Wildman–Crippen MR) is 70.3 cm³/mol. The molecule has 17 heavy (non-hydrogen) atoms. The van der Waals surface area contributed by atoms with Gasteiger partial charge in [0.1, 0.15) is 5.75 Å². The van der Waals surface area contributed by atoms with E-state index in [1.54, 1.807) is 7.11 Å². The van der Waals surface area contributed by atoms with Crippen LogP contribution in [0.5, 0.6) is 5.75 Å². The minimum absolute atomic E-state index is 0.0453. The molecule has 0 saturated carbocycles. The monoisotopic (exact) mass is 276 g/mol. The number of hydrogen-bond acceptors (Lipinski definition) is 3. The highest BCUT2D eigenvalue weighted by Gasteiger charge is 2.05. The van der Waals surface area contributed by atoms with Crippen LogP contribution in [-0.2, 0) is 15.5 Å². The third-order valence-corrected chi connectivity index (χ3v) is 3.80. The van der Waals surface area contributed by atoms with Crippen LogP contribution in [0.15, 0.2) is 18.2 Å². The number of benzene rings is 1. The lowest BCUT2D eigenvalue weighted by atomic mass is 10.1. The van der Waals surface area contributed by atoms with Gasteiger partial charge in [0, 0.05) is 10.7 Å². The van der Waals surface area contributed by atoms with E-state index in [1.807, 2.05) is 19.1 Å². The average Bonchev–Trinajstić information content (AvgIpc) is 2.23. The standard InChI is InChI=1S/C12H17ClO3S/c1-10-9-11(6-7-12(10)16-2)5-3-4-8-17(13,14)15/h6-7,9H,3-5,8H2,1-2H3. The molecular weight excluding hydrogens is 260 g/mol. The van der Waals surface area contributed by atoms with Crippen LogP contribution < -0.4 is 4.74 Å². The van der Waals surface area contributed by atoms with E-state index in [1.165, 1.54) is 5.56 Å². The molecule has 0 atom stereocenters. The third-order valence-electron chi connectivity index (χ3n) is 2.56. The van der Waals surface area contributed by atoms with Crippen LogP contribution in [0.3, 0.4) is 0 Å². The van der Waals surface area contributed by atoms with Crippen LogP contribution >= 0.6 is 10.7 Å². The van der Waals surface area contributed by atoms with Crippen molar-refractivity contribution in [1.82, 2.24) is 0 Å². The van der Waals surface area contributed by atoms with E-state index >= 15 is 0 Å². The van der Waals surface area contributed by atoms with Gasteiger partial charge >= 0.3 is 0 Å². The zero-order chi connectivity index (χ0) is 12.9. The number of hydrogen-bond donors (Lipinski definition) is 0. The third kappa shape index (κ3) is 5.41. The van der Waals surface area contributed by atoms with E-state index in [0.29, 0.717) is 6.42 Å². The topological polar surface area (TPSA) is 43.4 Å². The van der Waals surface area contributed by atoms with Gasteiger partial charge in [0.25, 0.3) is 0 Å². The van der Waals surface area contributed by atoms with Gasteiger partial charge in [-0.25, -0.2) is 8.42 Å². The van der Waals surface area contributed by atoms with Crippen molar-refractivity contribution < 1.29 is 13.2 Å². The van der Waals surface area contributed by atoms with E-state index in [-0.39, 0.29) is 5.75 Å². The highest BCUT2D eigenvalue weighted by Crippen LogP contribution is 2.19. The Bertz CT molecular complexity index is 469. The van der Waals surface area contributed by atoms with E-state index in [9.17, 15) is 8.42 Å². The summed E-state index contributed by atoms with van der Waals surface area (Å²) >= 11 is 0. The van der Waals surface area contributed by atoms with E-state index in [0.717, 1.165) is 24.2 Å². The van der Waals surface area contributed by atoms with Crippen LogP contribution in [0.4, 0.5) is 0 Å². The molecule has 0 saturated heterocycles. The average molecular weight is 277 g/mol. The number of aryl methyl sites for hydroxylation is 2. The lowest BCUT2D eigenvalue weighted by molar-refractivity contribution is 0.411. The summed E-state index contributed by atoms with van der Waals surface area (Å²) in [6.45, 7) is 1.99. The fourth-order valence-electron chi connectivity index (χ4n) is 1.70. The number of rotatable bonds is 6. The first-order valence-electron chi connectivity index (χ1n) is 5.48. The van der Waals surface area contributed by atoms with Gasteiger partial charge < -0.3 is 4.74 Å². The maximum absolute atomic E-state index is 10.7. The maximum atomic E-state index is 10.7. The molecule has 0 radical (unpaired) electrons. The first-order valence-corrected chi connectivity index (χ1v) is 7.96. The molecule has 0 aliphatic heterocycles. The summed E-state index contributed by atoms with van der Waals surface area (Å²) in [4.78, 5) is 0. The fourth-order valence-corrected chi connectivity index (χ4v) is 2.58. The molecular formula is C12H17ClO3S. The lowest BCUT2D eigenvalue weighted by Crippen LogP contribution is -1.98. The molecule has 1 aromatic carbocycles. The molecule has 1 aromatic rings. The Balaban J connectivity index is 2.45. The molecule has 0 fully saturated rings. The summed E-state index contributed by atoms with van der Waals surface area (Å²) < 4.78 is 26.6. The molecule has 0 aliphatic carbocycles. The van der Waals surface area contributed by atoms with Crippen LogP contribution in [-0.4, -0.2) is 21.3 Å². The molecule has 3 nitrogen and oxygen atoms in total. The van der Waals surface area contributed by atoms with Crippen LogP contribution in [0.25, 0.3) is 0 Å².